The Morgan fingerprint density at radius 2 is 1.73 bits per heavy atom. The molecule has 1 atom stereocenters. The number of hydrogen-bond acceptors (Lipinski definition) is 5. The van der Waals surface area contributed by atoms with E-state index in [1.165, 1.54) is 6.07 Å². The van der Waals surface area contributed by atoms with Crippen molar-refractivity contribution in [1.82, 2.24) is 5.01 Å². The number of amides is 1. The highest BCUT2D eigenvalue weighted by molar-refractivity contribution is 8.18. The standard InChI is InChI=1S/C25H17Cl2N3O2S/c26-18-8-6-16(7-9-18)21-14-20(15-4-2-1-3-5-15)29-30(21)24-23(33-25(32)28-24)13-17-12-19(27)10-11-22(17)31/h1-13,21,31H,14H2/b23-13-. The highest BCUT2D eigenvalue weighted by Crippen LogP contribution is 2.40. The number of phenols is 1. The Bertz CT molecular complexity index is 1320. The van der Waals surface area contributed by atoms with Crippen LogP contribution in [0.5, 0.6) is 5.75 Å². The molecule has 3 aromatic carbocycles. The zero-order valence-corrected chi connectivity index (χ0v) is 19.5. The molecule has 0 saturated heterocycles. The quantitative estimate of drug-likeness (QED) is 0.420. The van der Waals surface area contributed by atoms with Crippen molar-refractivity contribution in [3.63, 3.8) is 0 Å². The van der Waals surface area contributed by atoms with Crippen molar-refractivity contribution in [1.29, 1.82) is 0 Å². The molecule has 2 aliphatic heterocycles. The van der Waals surface area contributed by atoms with Crippen LogP contribution in [-0.4, -0.2) is 26.9 Å². The van der Waals surface area contributed by atoms with Crippen molar-refractivity contribution in [3.8, 4) is 5.75 Å². The molecule has 2 heterocycles. The maximum absolute atomic E-state index is 12.4. The highest BCUT2D eigenvalue weighted by Gasteiger charge is 2.37. The minimum absolute atomic E-state index is 0.0651. The molecule has 1 N–H and O–H groups in total. The summed E-state index contributed by atoms with van der Waals surface area (Å²) in [4.78, 5) is 17.2. The van der Waals surface area contributed by atoms with Gasteiger partial charge in [0.1, 0.15) is 5.75 Å². The number of thioether (sulfide) groups is 1. The third-order valence-electron chi connectivity index (χ3n) is 5.38. The van der Waals surface area contributed by atoms with Gasteiger partial charge in [0, 0.05) is 22.0 Å². The summed E-state index contributed by atoms with van der Waals surface area (Å²) in [6, 6.07) is 22.1. The first-order chi connectivity index (χ1) is 16.0. The fourth-order valence-electron chi connectivity index (χ4n) is 3.80. The van der Waals surface area contributed by atoms with Crippen LogP contribution in [-0.2, 0) is 0 Å². The monoisotopic (exact) mass is 493 g/mol. The van der Waals surface area contributed by atoms with Crippen LogP contribution in [0.25, 0.3) is 6.08 Å². The molecule has 1 amide bonds. The van der Waals surface area contributed by atoms with E-state index in [9.17, 15) is 9.90 Å². The first-order valence-electron chi connectivity index (χ1n) is 10.2. The van der Waals surface area contributed by atoms with Crippen LogP contribution in [0.4, 0.5) is 4.79 Å². The molecule has 1 unspecified atom stereocenters. The normalized spacial score (nSPS) is 19.2. The molecule has 0 aliphatic carbocycles. The van der Waals surface area contributed by atoms with Gasteiger partial charge in [-0.1, -0.05) is 65.7 Å². The highest BCUT2D eigenvalue weighted by atomic mass is 35.5. The molecule has 0 fully saturated rings. The largest absolute Gasteiger partial charge is 0.507 e. The van der Waals surface area contributed by atoms with Crippen molar-refractivity contribution in [3.05, 3.63) is 104 Å². The molecule has 5 nitrogen and oxygen atoms in total. The van der Waals surface area contributed by atoms with E-state index in [-0.39, 0.29) is 17.0 Å². The summed E-state index contributed by atoms with van der Waals surface area (Å²) in [6.07, 6.45) is 2.35. The summed E-state index contributed by atoms with van der Waals surface area (Å²) in [5, 5.41) is 17.7. The van der Waals surface area contributed by atoms with Crippen LogP contribution >= 0.6 is 35.0 Å². The lowest BCUT2D eigenvalue weighted by molar-refractivity contribution is 0.267. The Morgan fingerprint density at radius 3 is 2.48 bits per heavy atom. The number of carbonyl (C=O) groups excluding carboxylic acids is 1. The van der Waals surface area contributed by atoms with Gasteiger partial charge in [0.15, 0.2) is 5.84 Å². The fraction of sp³-hybridized carbons (Fsp3) is 0.0800. The van der Waals surface area contributed by atoms with Crippen molar-refractivity contribution < 1.29 is 9.90 Å². The fourth-order valence-corrected chi connectivity index (χ4v) is 4.84. The van der Waals surface area contributed by atoms with E-state index in [0.29, 0.717) is 32.8 Å². The number of benzene rings is 3. The molecule has 0 bridgehead atoms. The van der Waals surface area contributed by atoms with E-state index in [1.807, 2.05) is 54.6 Å². The summed E-state index contributed by atoms with van der Waals surface area (Å²) >= 11 is 13.2. The summed E-state index contributed by atoms with van der Waals surface area (Å²) in [7, 11) is 0. The van der Waals surface area contributed by atoms with E-state index < -0.39 is 0 Å². The second-order valence-corrected chi connectivity index (χ2v) is 9.41. The van der Waals surface area contributed by atoms with Gasteiger partial charge in [-0.25, -0.2) is 5.01 Å². The van der Waals surface area contributed by atoms with E-state index >= 15 is 0 Å². The van der Waals surface area contributed by atoms with E-state index in [1.54, 1.807) is 23.2 Å². The molecule has 0 radical (unpaired) electrons. The maximum atomic E-state index is 12.4. The summed E-state index contributed by atoms with van der Waals surface area (Å²) in [5.41, 5.74) is 3.41. The SMILES string of the molecule is O=C1N=C(N2N=C(c3ccccc3)CC2c2ccc(Cl)cc2)/C(=C/c2cc(Cl)ccc2O)S1. The van der Waals surface area contributed by atoms with Crippen molar-refractivity contribution in [2.75, 3.05) is 0 Å². The number of aliphatic imine (C=N–C) groups is 1. The predicted molar refractivity (Wildman–Crippen MR) is 135 cm³/mol. The maximum Gasteiger partial charge on any atom is 0.311 e. The predicted octanol–water partition coefficient (Wildman–Crippen LogP) is 7.16. The lowest BCUT2D eigenvalue weighted by atomic mass is 9.98. The Kier molecular flexibility index (Phi) is 5.98. The second kappa shape index (κ2) is 9.06. The van der Waals surface area contributed by atoms with Crippen LogP contribution in [0.2, 0.25) is 10.0 Å². The average molecular weight is 494 g/mol. The number of hydrazone groups is 1. The van der Waals surface area contributed by atoms with Crippen LogP contribution in [0, 0.1) is 0 Å². The Balaban J connectivity index is 1.59. The molecule has 0 aromatic heterocycles. The van der Waals surface area contributed by atoms with Crippen LogP contribution < -0.4 is 0 Å². The molecule has 164 valence electrons. The molecule has 3 aromatic rings. The number of aromatic hydroxyl groups is 1. The Morgan fingerprint density at radius 1 is 1.00 bits per heavy atom. The molecule has 0 saturated carbocycles. The number of amidine groups is 1. The molecule has 5 rings (SSSR count). The minimum Gasteiger partial charge on any atom is -0.507 e. The Hall–Kier alpha value is -3.06. The van der Waals surface area contributed by atoms with E-state index in [2.05, 4.69) is 4.99 Å². The summed E-state index contributed by atoms with van der Waals surface area (Å²) in [6.45, 7) is 0. The van der Waals surface area contributed by atoms with Gasteiger partial charge in [-0.15, -0.1) is 0 Å². The molecule has 33 heavy (non-hydrogen) atoms. The van der Waals surface area contributed by atoms with Gasteiger partial charge in [-0.2, -0.15) is 10.1 Å². The van der Waals surface area contributed by atoms with Crippen molar-refractivity contribution in [2.45, 2.75) is 12.5 Å². The first-order valence-corrected chi connectivity index (χ1v) is 11.7. The van der Waals surface area contributed by atoms with Crippen molar-refractivity contribution in [2.24, 2.45) is 10.1 Å². The van der Waals surface area contributed by atoms with Gasteiger partial charge in [-0.3, -0.25) is 4.79 Å². The topological polar surface area (TPSA) is 65.3 Å². The third kappa shape index (κ3) is 4.55. The van der Waals surface area contributed by atoms with E-state index in [0.717, 1.165) is 28.6 Å². The van der Waals surface area contributed by atoms with Gasteiger partial charge in [0.25, 0.3) is 0 Å². The van der Waals surface area contributed by atoms with Gasteiger partial charge in [0.2, 0.25) is 0 Å². The summed E-state index contributed by atoms with van der Waals surface area (Å²) < 4.78 is 0. The van der Waals surface area contributed by atoms with Gasteiger partial charge < -0.3 is 5.11 Å². The Labute approximate surface area is 205 Å². The average Bonchev–Trinajstić information content (AvgIpc) is 3.41. The second-order valence-electron chi connectivity index (χ2n) is 7.54. The van der Waals surface area contributed by atoms with Gasteiger partial charge >= 0.3 is 5.24 Å². The smallest absolute Gasteiger partial charge is 0.311 e. The molecule has 2 aliphatic rings. The zero-order chi connectivity index (χ0) is 22.9. The lowest BCUT2D eigenvalue weighted by Crippen LogP contribution is -2.26. The van der Waals surface area contributed by atoms with Crippen LogP contribution in [0.1, 0.15) is 29.2 Å². The number of phenolic OH excluding ortho intramolecular Hbond substituents is 1. The van der Waals surface area contributed by atoms with E-state index in [4.69, 9.17) is 28.3 Å². The zero-order valence-electron chi connectivity index (χ0n) is 17.2. The van der Waals surface area contributed by atoms with Crippen molar-refractivity contribution >= 4 is 57.8 Å². The summed E-state index contributed by atoms with van der Waals surface area (Å²) in [5.74, 6) is 0.505. The van der Waals surface area contributed by atoms with Gasteiger partial charge in [-0.05, 0) is 59.3 Å². The number of nitrogens with zero attached hydrogens (tertiary/aromatic N) is 3. The number of hydrogen-bond donors (Lipinski definition) is 1. The molecular formula is C25H17Cl2N3O2S. The number of halogens is 2. The minimum atomic E-state index is -0.337. The van der Waals surface area contributed by atoms with Crippen LogP contribution in [0.15, 0.2) is 87.8 Å². The number of rotatable bonds is 3. The number of carbonyl (C=O) groups is 1. The first kappa shape index (κ1) is 21.8. The lowest BCUT2D eigenvalue weighted by Gasteiger charge is -2.24. The molecule has 0 spiro atoms. The van der Waals surface area contributed by atoms with Gasteiger partial charge in [0.05, 0.1) is 16.7 Å². The molecule has 8 heteroatoms. The van der Waals surface area contributed by atoms with Crippen LogP contribution in [0.3, 0.4) is 0 Å². The molecular weight excluding hydrogens is 477 g/mol. The third-order valence-corrected chi connectivity index (χ3v) is 6.65.